The van der Waals surface area contributed by atoms with Gasteiger partial charge in [0.1, 0.15) is 4.88 Å². The van der Waals surface area contributed by atoms with E-state index < -0.39 is 17.7 Å². The van der Waals surface area contributed by atoms with Crippen molar-refractivity contribution in [2.45, 2.75) is 33.1 Å². The van der Waals surface area contributed by atoms with E-state index in [2.05, 4.69) is 5.32 Å². The summed E-state index contributed by atoms with van der Waals surface area (Å²) >= 11 is 0.980. The predicted molar refractivity (Wildman–Crippen MR) is 69.2 cm³/mol. The summed E-state index contributed by atoms with van der Waals surface area (Å²) < 4.78 is 0. The third-order valence-corrected chi connectivity index (χ3v) is 3.41. The number of nitrogens with one attached hydrogen (secondary N) is 1. The summed E-state index contributed by atoms with van der Waals surface area (Å²) in [6.07, 6.45) is 1.58. The molecule has 0 spiro atoms. The van der Waals surface area contributed by atoms with Crippen LogP contribution >= 0.6 is 11.3 Å². The molecule has 18 heavy (non-hydrogen) atoms. The number of amides is 1. The molecule has 0 fully saturated rings. The lowest BCUT2D eigenvalue weighted by Crippen LogP contribution is -2.21. The van der Waals surface area contributed by atoms with E-state index in [0.29, 0.717) is 17.0 Å². The first kappa shape index (κ1) is 14.4. The third kappa shape index (κ3) is 3.40. The quantitative estimate of drug-likeness (QED) is 0.776. The van der Waals surface area contributed by atoms with Crippen molar-refractivity contribution in [3.63, 3.8) is 0 Å². The van der Waals surface area contributed by atoms with E-state index in [1.54, 1.807) is 13.0 Å². The Bertz CT molecular complexity index is 478. The van der Waals surface area contributed by atoms with E-state index in [4.69, 9.17) is 5.11 Å². The van der Waals surface area contributed by atoms with Crippen molar-refractivity contribution in [2.24, 2.45) is 0 Å². The molecule has 98 valence electrons. The average molecular weight is 269 g/mol. The van der Waals surface area contributed by atoms with Gasteiger partial charge in [-0.1, -0.05) is 20.3 Å². The molecule has 1 aromatic heterocycles. The molecule has 5 nitrogen and oxygen atoms in total. The molecule has 1 rings (SSSR count). The van der Waals surface area contributed by atoms with Crippen LogP contribution in [0.5, 0.6) is 0 Å². The zero-order chi connectivity index (χ0) is 13.7. The molecule has 0 aliphatic rings. The van der Waals surface area contributed by atoms with E-state index >= 15 is 0 Å². The minimum absolute atomic E-state index is 0.130. The average Bonchev–Trinajstić information content (AvgIpc) is 2.71. The molecule has 0 aliphatic heterocycles. The number of hydrogen-bond acceptors (Lipinski definition) is 4. The van der Waals surface area contributed by atoms with Crippen LogP contribution in [0.2, 0.25) is 0 Å². The van der Waals surface area contributed by atoms with Crippen molar-refractivity contribution < 1.29 is 19.5 Å². The standard InChI is InChI=1S/C12H15NO4S/c1-3-5-7-6-9(18-10(7)12(16)17)13-11(15)8(14)4-2/h6H,3-5H2,1-2H3,(H,13,15)(H,16,17). The van der Waals surface area contributed by atoms with E-state index in [0.717, 1.165) is 17.8 Å². The van der Waals surface area contributed by atoms with Crippen molar-refractivity contribution >= 4 is 34.0 Å². The highest BCUT2D eigenvalue weighted by Gasteiger charge is 2.18. The minimum Gasteiger partial charge on any atom is -0.477 e. The van der Waals surface area contributed by atoms with Gasteiger partial charge in [-0.2, -0.15) is 0 Å². The molecule has 1 heterocycles. The van der Waals surface area contributed by atoms with Crippen LogP contribution in [0.4, 0.5) is 5.00 Å². The number of anilines is 1. The maximum Gasteiger partial charge on any atom is 0.346 e. The largest absolute Gasteiger partial charge is 0.477 e. The summed E-state index contributed by atoms with van der Waals surface area (Å²) in [5.74, 6) is -2.22. The molecule has 0 radical (unpaired) electrons. The van der Waals surface area contributed by atoms with Crippen LogP contribution < -0.4 is 5.32 Å². The molecule has 0 aromatic carbocycles. The van der Waals surface area contributed by atoms with Crippen LogP contribution in [0, 0.1) is 0 Å². The molecule has 0 saturated heterocycles. The molecule has 0 saturated carbocycles. The van der Waals surface area contributed by atoms with E-state index in [1.165, 1.54) is 0 Å². The second-order valence-corrected chi connectivity index (χ2v) is 4.80. The lowest BCUT2D eigenvalue weighted by Gasteiger charge is -1.98. The number of aryl methyl sites for hydroxylation is 1. The van der Waals surface area contributed by atoms with Crippen molar-refractivity contribution in [1.29, 1.82) is 0 Å². The fraction of sp³-hybridized carbons (Fsp3) is 0.417. The molecular formula is C12H15NO4S. The first-order chi connectivity index (χ1) is 8.49. The Kier molecular flexibility index (Phi) is 5.03. The van der Waals surface area contributed by atoms with Crippen LogP contribution in [0.15, 0.2) is 6.07 Å². The molecule has 0 bridgehead atoms. The smallest absolute Gasteiger partial charge is 0.346 e. The maximum absolute atomic E-state index is 11.4. The van der Waals surface area contributed by atoms with Crippen molar-refractivity contribution in [3.8, 4) is 0 Å². The summed E-state index contributed by atoms with van der Waals surface area (Å²) in [5.41, 5.74) is 0.689. The second kappa shape index (κ2) is 6.30. The number of hydrogen-bond donors (Lipinski definition) is 2. The number of aromatic carboxylic acids is 1. The molecular weight excluding hydrogens is 254 g/mol. The lowest BCUT2D eigenvalue weighted by molar-refractivity contribution is -0.134. The number of thiophene rings is 1. The molecule has 1 amide bonds. The van der Waals surface area contributed by atoms with Crippen LogP contribution in [-0.4, -0.2) is 22.8 Å². The highest BCUT2D eigenvalue weighted by molar-refractivity contribution is 7.18. The van der Waals surface area contributed by atoms with E-state index in [9.17, 15) is 14.4 Å². The predicted octanol–water partition coefficient (Wildman–Crippen LogP) is 2.32. The highest BCUT2D eigenvalue weighted by Crippen LogP contribution is 2.28. The highest BCUT2D eigenvalue weighted by atomic mass is 32.1. The van der Waals surface area contributed by atoms with Gasteiger partial charge in [0.25, 0.3) is 5.91 Å². The van der Waals surface area contributed by atoms with E-state index in [1.807, 2.05) is 6.92 Å². The lowest BCUT2D eigenvalue weighted by atomic mass is 10.1. The Morgan fingerprint density at radius 3 is 2.50 bits per heavy atom. The van der Waals surface area contributed by atoms with Gasteiger partial charge in [-0.25, -0.2) is 4.79 Å². The van der Waals surface area contributed by atoms with Gasteiger partial charge in [-0.15, -0.1) is 11.3 Å². The Labute approximate surface area is 109 Å². The Morgan fingerprint density at radius 2 is 2.00 bits per heavy atom. The van der Waals surface area contributed by atoms with Gasteiger partial charge in [0, 0.05) is 6.42 Å². The fourth-order valence-corrected chi connectivity index (χ4v) is 2.41. The number of carbonyl (C=O) groups excluding carboxylic acids is 2. The van der Waals surface area contributed by atoms with Crippen LogP contribution in [-0.2, 0) is 16.0 Å². The Hall–Kier alpha value is -1.69. The minimum atomic E-state index is -1.01. The summed E-state index contributed by atoms with van der Waals surface area (Å²) in [6, 6.07) is 1.62. The summed E-state index contributed by atoms with van der Waals surface area (Å²) in [7, 11) is 0. The number of carbonyl (C=O) groups is 3. The molecule has 1 aromatic rings. The number of carboxylic acids is 1. The van der Waals surface area contributed by atoms with Crippen LogP contribution in [0.3, 0.4) is 0 Å². The molecule has 0 unspecified atom stereocenters. The van der Waals surface area contributed by atoms with Gasteiger partial charge in [0.2, 0.25) is 5.78 Å². The molecule has 0 atom stereocenters. The molecule has 0 aliphatic carbocycles. The second-order valence-electron chi connectivity index (χ2n) is 3.75. The van der Waals surface area contributed by atoms with Crippen molar-refractivity contribution in [3.05, 3.63) is 16.5 Å². The van der Waals surface area contributed by atoms with Gasteiger partial charge in [-0.05, 0) is 18.1 Å². The molecule has 2 N–H and O–H groups in total. The first-order valence-corrected chi connectivity index (χ1v) is 6.51. The van der Waals surface area contributed by atoms with Crippen LogP contribution in [0.1, 0.15) is 41.9 Å². The fourth-order valence-electron chi connectivity index (χ4n) is 1.47. The number of ketones is 1. The summed E-state index contributed by atoms with van der Waals surface area (Å²) in [6.45, 7) is 3.55. The van der Waals surface area contributed by atoms with Gasteiger partial charge in [-0.3, -0.25) is 9.59 Å². The zero-order valence-corrected chi connectivity index (χ0v) is 11.1. The molecule has 6 heteroatoms. The summed E-state index contributed by atoms with van der Waals surface area (Å²) in [5, 5.41) is 11.9. The maximum atomic E-state index is 11.4. The Balaban J connectivity index is 2.91. The van der Waals surface area contributed by atoms with E-state index in [-0.39, 0.29) is 11.3 Å². The third-order valence-electron chi connectivity index (χ3n) is 2.33. The van der Waals surface area contributed by atoms with Gasteiger partial charge >= 0.3 is 5.97 Å². The first-order valence-electron chi connectivity index (χ1n) is 5.69. The van der Waals surface area contributed by atoms with Gasteiger partial charge < -0.3 is 10.4 Å². The normalized spacial score (nSPS) is 10.1. The van der Waals surface area contributed by atoms with Gasteiger partial charge in [0.05, 0.1) is 5.00 Å². The van der Waals surface area contributed by atoms with Crippen molar-refractivity contribution in [1.82, 2.24) is 0 Å². The topological polar surface area (TPSA) is 83.5 Å². The van der Waals surface area contributed by atoms with Crippen molar-refractivity contribution in [2.75, 3.05) is 5.32 Å². The number of carboxylic acid groups (broad SMARTS) is 1. The van der Waals surface area contributed by atoms with Crippen LogP contribution in [0.25, 0.3) is 0 Å². The zero-order valence-electron chi connectivity index (χ0n) is 10.3. The summed E-state index contributed by atoms with van der Waals surface area (Å²) in [4.78, 5) is 33.8. The Morgan fingerprint density at radius 1 is 1.33 bits per heavy atom. The monoisotopic (exact) mass is 269 g/mol. The number of rotatable bonds is 6. The SMILES string of the molecule is CCCc1cc(NC(=O)C(=O)CC)sc1C(=O)O. The number of Topliss-reactive ketones (excluding diaryl/α,β-unsaturated/α-hetero) is 1. The van der Waals surface area contributed by atoms with Gasteiger partial charge in [0.15, 0.2) is 0 Å².